The minimum absolute atomic E-state index is 0.00824. The molecule has 1 N–H and O–H groups in total. The molecule has 0 radical (unpaired) electrons. The molecule has 0 aromatic heterocycles. The van der Waals surface area contributed by atoms with E-state index in [1.807, 2.05) is 6.92 Å². The van der Waals surface area contributed by atoms with Crippen LogP contribution >= 0.6 is 0 Å². The summed E-state index contributed by atoms with van der Waals surface area (Å²) in [5.74, 6) is 0.199. The zero-order valence-electron chi connectivity index (χ0n) is 10.6. The summed E-state index contributed by atoms with van der Waals surface area (Å²) in [7, 11) is -2.90. The molecule has 2 atom stereocenters. The maximum absolute atomic E-state index is 11.1. The first kappa shape index (κ1) is 13.9. The van der Waals surface area contributed by atoms with Crippen molar-refractivity contribution < 1.29 is 13.2 Å². The number of hydrogen-bond acceptors (Lipinski definition) is 4. The summed E-state index contributed by atoms with van der Waals surface area (Å²) in [5.41, 5.74) is -0.0965. The molecular weight excluding hydrogens is 226 g/mol. The van der Waals surface area contributed by atoms with Crippen molar-refractivity contribution in [2.75, 3.05) is 18.6 Å². The van der Waals surface area contributed by atoms with Crippen molar-refractivity contribution >= 4 is 9.84 Å². The third-order valence-electron chi connectivity index (χ3n) is 2.77. The molecular formula is C11H23NO3S. The van der Waals surface area contributed by atoms with Gasteiger partial charge in [0.1, 0.15) is 9.84 Å². The van der Waals surface area contributed by atoms with Gasteiger partial charge in [-0.3, -0.25) is 0 Å². The zero-order chi connectivity index (χ0) is 12.4. The van der Waals surface area contributed by atoms with Crippen LogP contribution in [0.3, 0.4) is 0 Å². The topological polar surface area (TPSA) is 55.4 Å². The monoisotopic (exact) mass is 249 g/mol. The van der Waals surface area contributed by atoms with Gasteiger partial charge in [-0.1, -0.05) is 0 Å². The summed E-state index contributed by atoms with van der Waals surface area (Å²) >= 11 is 0. The molecule has 0 saturated carbocycles. The Morgan fingerprint density at radius 1 is 1.50 bits per heavy atom. The second-order valence-corrected chi connectivity index (χ2v) is 7.64. The first-order chi connectivity index (χ1) is 7.18. The molecule has 4 nitrogen and oxygen atoms in total. The van der Waals surface area contributed by atoms with Crippen LogP contribution in [0.15, 0.2) is 0 Å². The quantitative estimate of drug-likeness (QED) is 0.806. The van der Waals surface area contributed by atoms with Crippen molar-refractivity contribution in [1.82, 2.24) is 5.32 Å². The number of hydrogen-bond donors (Lipinski definition) is 1. The van der Waals surface area contributed by atoms with Gasteiger partial charge in [-0.25, -0.2) is 8.42 Å². The van der Waals surface area contributed by atoms with Gasteiger partial charge in [0.05, 0.1) is 11.4 Å². The third kappa shape index (κ3) is 5.27. The molecule has 16 heavy (non-hydrogen) atoms. The number of nitrogens with one attached hydrogen (secondary N) is 1. The van der Waals surface area contributed by atoms with Gasteiger partial charge in [0.25, 0.3) is 0 Å². The summed E-state index contributed by atoms with van der Waals surface area (Å²) in [4.78, 5) is 0. The molecule has 2 unspecified atom stereocenters. The van der Waals surface area contributed by atoms with Crippen LogP contribution < -0.4 is 5.32 Å². The minimum Gasteiger partial charge on any atom is -0.375 e. The lowest BCUT2D eigenvalue weighted by Crippen LogP contribution is -2.48. The van der Waals surface area contributed by atoms with Crippen molar-refractivity contribution in [2.24, 2.45) is 0 Å². The Balaban J connectivity index is 2.42. The molecule has 0 aromatic carbocycles. The van der Waals surface area contributed by atoms with E-state index < -0.39 is 9.84 Å². The molecule has 1 saturated heterocycles. The molecule has 1 heterocycles. The van der Waals surface area contributed by atoms with Gasteiger partial charge in [0, 0.05) is 24.9 Å². The van der Waals surface area contributed by atoms with Gasteiger partial charge in [-0.15, -0.1) is 0 Å². The fourth-order valence-corrected chi connectivity index (χ4v) is 3.28. The zero-order valence-corrected chi connectivity index (χ0v) is 11.4. The molecule has 0 amide bonds. The highest BCUT2D eigenvalue weighted by atomic mass is 32.2. The lowest BCUT2D eigenvalue weighted by Gasteiger charge is -2.37. The van der Waals surface area contributed by atoms with Crippen molar-refractivity contribution in [1.29, 1.82) is 0 Å². The molecule has 0 bridgehead atoms. The SMILES string of the molecule is CC(CS(C)(=O)=O)NC1CCOC(C)(C)C1. The van der Waals surface area contributed by atoms with Crippen LogP contribution in [0.25, 0.3) is 0 Å². The second-order valence-electron chi connectivity index (χ2n) is 5.46. The maximum atomic E-state index is 11.1. The largest absolute Gasteiger partial charge is 0.375 e. The molecule has 1 aliphatic rings. The first-order valence-corrected chi connectivity index (χ1v) is 7.82. The average molecular weight is 249 g/mol. The minimum atomic E-state index is -2.90. The molecule has 1 fully saturated rings. The molecule has 1 aliphatic heterocycles. The lowest BCUT2D eigenvalue weighted by molar-refractivity contribution is -0.0636. The van der Waals surface area contributed by atoms with Crippen LogP contribution in [0.1, 0.15) is 33.6 Å². The normalized spacial score (nSPS) is 27.6. The van der Waals surface area contributed by atoms with E-state index in [0.29, 0.717) is 6.04 Å². The standard InChI is InChI=1S/C11H23NO3S/c1-9(8-16(4,13)14)12-10-5-6-15-11(2,3)7-10/h9-10,12H,5-8H2,1-4H3. The van der Waals surface area contributed by atoms with Crippen LogP contribution in [0.2, 0.25) is 0 Å². The van der Waals surface area contributed by atoms with E-state index >= 15 is 0 Å². The molecule has 96 valence electrons. The fourth-order valence-electron chi connectivity index (χ4n) is 2.28. The molecule has 1 rings (SSSR count). The van der Waals surface area contributed by atoms with E-state index in [4.69, 9.17) is 4.74 Å². The summed E-state index contributed by atoms with van der Waals surface area (Å²) in [6, 6.07) is 0.370. The number of ether oxygens (including phenoxy) is 1. The van der Waals surface area contributed by atoms with Crippen LogP contribution in [-0.2, 0) is 14.6 Å². The van der Waals surface area contributed by atoms with Gasteiger partial charge >= 0.3 is 0 Å². The fraction of sp³-hybridized carbons (Fsp3) is 1.00. The summed E-state index contributed by atoms with van der Waals surface area (Å²) < 4.78 is 27.9. The van der Waals surface area contributed by atoms with E-state index in [1.165, 1.54) is 6.26 Å². The van der Waals surface area contributed by atoms with Crippen LogP contribution in [0.4, 0.5) is 0 Å². The van der Waals surface area contributed by atoms with Crippen molar-refractivity contribution in [3.05, 3.63) is 0 Å². The third-order valence-corrected chi connectivity index (χ3v) is 3.88. The highest BCUT2D eigenvalue weighted by Gasteiger charge is 2.29. The highest BCUT2D eigenvalue weighted by molar-refractivity contribution is 7.90. The summed E-state index contributed by atoms with van der Waals surface area (Å²) in [6.45, 7) is 6.81. The van der Waals surface area contributed by atoms with Gasteiger partial charge in [0.2, 0.25) is 0 Å². The Morgan fingerprint density at radius 2 is 2.12 bits per heavy atom. The van der Waals surface area contributed by atoms with Crippen LogP contribution in [0, 0.1) is 0 Å². The predicted octanol–water partition coefficient (Wildman–Crippen LogP) is 0.967. The van der Waals surface area contributed by atoms with Gasteiger partial charge in [0.15, 0.2) is 0 Å². The van der Waals surface area contributed by atoms with E-state index in [2.05, 4.69) is 19.2 Å². The van der Waals surface area contributed by atoms with Crippen molar-refractivity contribution in [3.8, 4) is 0 Å². The number of rotatable bonds is 4. The Kier molecular flexibility index (Phi) is 4.37. The maximum Gasteiger partial charge on any atom is 0.148 e. The Bertz CT molecular complexity index is 324. The first-order valence-electron chi connectivity index (χ1n) is 5.76. The molecule has 0 aromatic rings. The number of sulfone groups is 1. The van der Waals surface area contributed by atoms with Gasteiger partial charge < -0.3 is 10.1 Å². The van der Waals surface area contributed by atoms with Gasteiger partial charge in [-0.05, 0) is 33.6 Å². The predicted molar refractivity (Wildman–Crippen MR) is 65.4 cm³/mol. The molecule has 0 aliphatic carbocycles. The highest BCUT2D eigenvalue weighted by Crippen LogP contribution is 2.24. The van der Waals surface area contributed by atoms with Gasteiger partial charge in [-0.2, -0.15) is 0 Å². The van der Waals surface area contributed by atoms with E-state index in [0.717, 1.165) is 19.4 Å². The van der Waals surface area contributed by atoms with E-state index in [-0.39, 0.29) is 17.4 Å². The van der Waals surface area contributed by atoms with Crippen LogP contribution in [0.5, 0.6) is 0 Å². The Morgan fingerprint density at radius 3 is 2.62 bits per heavy atom. The molecule has 0 spiro atoms. The van der Waals surface area contributed by atoms with Crippen molar-refractivity contribution in [3.63, 3.8) is 0 Å². The average Bonchev–Trinajstić information content (AvgIpc) is 1.96. The van der Waals surface area contributed by atoms with Crippen molar-refractivity contribution in [2.45, 2.75) is 51.3 Å². The summed E-state index contributed by atoms with van der Waals surface area (Å²) in [5, 5.41) is 3.37. The smallest absolute Gasteiger partial charge is 0.148 e. The summed E-state index contributed by atoms with van der Waals surface area (Å²) in [6.07, 6.45) is 3.16. The van der Waals surface area contributed by atoms with E-state index in [1.54, 1.807) is 0 Å². The Hall–Kier alpha value is -0.130. The second kappa shape index (κ2) is 5.02. The van der Waals surface area contributed by atoms with Crippen LogP contribution in [-0.4, -0.2) is 44.7 Å². The lowest BCUT2D eigenvalue weighted by atomic mass is 9.93. The molecule has 5 heteroatoms. The van der Waals surface area contributed by atoms with E-state index in [9.17, 15) is 8.42 Å². The Labute approximate surface area is 98.7 Å².